The highest BCUT2D eigenvalue weighted by molar-refractivity contribution is 6.13. The highest BCUT2D eigenvalue weighted by Gasteiger charge is 2.21. The molecule has 49 heavy (non-hydrogen) atoms. The van der Waals surface area contributed by atoms with Crippen LogP contribution in [0, 0.1) is 0 Å². The summed E-state index contributed by atoms with van der Waals surface area (Å²) in [6.45, 7) is 0. The topological polar surface area (TPSA) is 55.3 Å². The number of pyridine rings is 2. The Kier molecular flexibility index (Phi) is 6.11. The van der Waals surface area contributed by atoms with Crippen molar-refractivity contribution in [3.05, 3.63) is 164 Å². The lowest BCUT2D eigenvalue weighted by atomic mass is 9.92. The molecule has 0 aliphatic heterocycles. The van der Waals surface area contributed by atoms with Crippen LogP contribution in [0.25, 0.3) is 77.2 Å². The maximum Gasteiger partial charge on any atom is 0.227 e. The van der Waals surface area contributed by atoms with Crippen LogP contribution in [0.3, 0.4) is 0 Å². The number of benzene rings is 6. The van der Waals surface area contributed by atoms with E-state index in [0.717, 1.165) is 55.3 Å². The van der Waals surface area contributed by atoms with Gasteiger partial charge in [-0.05, 0) is 99.8 Å². The number of furan rings is 2. The third kappa shape index (κ3) is 4.40. The van der Waals surface area contributed by atoms with Gasteiger partial charge in [-0.3, -0.25) is 0 Å². The molecule has 0 saturated heterocycles. The lowest BCUT2D eigenvalue weighted by molar-refractivity contribution is 0.653. The second kappa shape index (κ2) is 10.9. The van der Waals surface area contributed by atoms with Crippen LogP contribution in [0.5, 0.6) is 0 Å². The van der Waals surface area contributed by atoms with Crippen molar-refractivity contribution in [2.75, 3.05) is 4.90 Å². The normalized spacial score (nSPS) is 11.7. The molecule has 4 aromatic heterocycles. The summed E-state index contributed by atoms with van der Waals surface area (Å²) in [7, 11) is 0. The number of hydrogen-bond acceptors (Lipinski definition) is 5. The first-order valence-corrected chi connectivity index (χ1v) is 16.3. The van der Waals surface area contributed by atoms with Gasteiger partial charge in [0, 0.05) is 34.5 Å². The molecule has 5 nitrogen and oxygen atoms in total. The van der Waals surface area contributed by atoms with Gasteiger partial charge in [0.2, 0.25) is 11.4 Å². The van der Waals surface area contributed by atoms with Gasteiger partial charge in [-0.2, -0.15) is 0 Å². The Bertz CT molecular complexity index is 2830. The molecule has 10 rings (SSSR count). The largest absolute Gasteiger partial charge is 0.438 e. The summed E-state index contributed by atoms with van der Waals surface area (Å²) in [4.78, 5) is 11.3. The van der Waals surface area contributed by atoms with Gasteiger partial charge in [0.25, 0.3) is 0 Å². The lowest BCUT2D eigenvalue weighted by Gasteiger charge is -2.26. The van der Waals surface area contributed by atoms with Crippen LogP contribution in [0.2, 0.25) is 0 Å². The number of hydrogen-bond donors (Lipinski definition) is 0. The first kappa shape index (κ1) is 27.4. The number of anilines is 3. The SMILES string of the molecule is c1ccc(-c2ccc(-c3ccc(N(c4ccc5oc6ncccc6c5c4)c4cccc5oc6ncccc6c45)cc3)c3ccccc23)cc1. The van der Waals surface area contributed by atoms with E-state index >= 15 is 0 Å². The predicted molar refractivity (Wildman–Crippen MR) is 200 cm³/mol. The molecule has 0 atom stereocenters. The molecule has 5 heteroatoms. The van der Waals surface area contributed by atoms with Crippen LogP contribution in [0.4, 0.5) is 17.1 Å². The summed E-state index contributed by atoms with van der Waals surface area (Å²) >= 11 is 0. The Morgan fingerprint density at radius 2 is 1.02 bits per heavy atom. The average Bonchev–Trinajstić information content (AvgIpc) is 3.74. The van der Waals surface area contributed by atoms with Crippen LogP contribution < -0.4 is 4.90 Å². The van der Waals surface area contributed by atoms with Crippen molar-refractivity contribution in [2.45, 2.75) is 0 Å². The van der Waals surface area contributed by atoms with Crippen LogP contribution in [0.1, 0.15) is 0 Å². The molecule has 0 N–H and O–H groups in total. The monoisotopic (exact) mass is 629 g/mol. The summed E-state index contributed by atoms with van der Waals surface area (Å²) in [5.41, 5.74) is 10.6. The van der Waals surface area contributed by atoms with Crippen molar-refractivity contribution in [1.29, 1.82) is 0 Å². The van der Waals surface area contributed by atoms with Crippen molar-refractivity contribution in [2.24, 2.45) is 0 Å². The van der Waals surface area contributed by atoms with E-state index in [1.54, 1.807) is 12.4 Å². The smallest absolute Gasteiger partial charge is 0.227 e. The van der Waals surface area contributed by atoms with Gasteiger partial charge < -0.3 is 13.7 Å². The number of fused-ring (bicyclic) bond motifs is 7. The zero-order valence-electron chi connectivity index (χ0n) is 26.2. The van der Waals surface area contributed by atoms with E-state index in [1.165, 1.54) is 27.5 Å². The van der Waals surface area contributed by atoms with Gasteiger partial charge in [-0.15, -0.1) is 0 Å². The van der Waals surface area contributed by atoms with Gasteiger partial charge >= 0.3 is 0 Å². The minimum absolute atomic E-state index is 0.619. The molecule has 0 aliphatic carbocycles. The fourth-order valence-corrected chi connectivity index (χ4v) is 7.20. The van der Waals surface area contributed by atoms with E-state index in [1.807, 2.05) is 30.3 Å². The zero-order valence-corrected chi connectivity index (χ0v) is 26.2. The van der Waals surface area contributed by atoms with Gasteiger partial charge in [-0.25, -0.2) is 9.97 Å². The maximum atomic E-state index is 6.23. The molecule has 0 radical (unpaired) electrons. The molecule has 0 saturated carbocycles. The maximum absolute atomic E-state index is 6.23. The first-order chi connectivity index (χ1) is 24.3. The highest BCUT2D eigenvalue weighted by Crippen LogP contribution is 2.44. The fourth-order valence-electron chi connectivity index (χ4n) is 7.20. The summed E-state index contributed by atoms with van der Waals surface area (Å²) in [5, 5.41) is 6.44. The van der Waals surface area contributed by atoms with Crippen molar-refractivity contribution in [3.8, 4) is 22.3 Å². The molecule has 0 bridgehead atoms. The molecule has 0 fully saturated rings. The summed E-state index contributed by atoms with van der Waals surface area (Å²) < 4.78 is 12.3. The lowest BCUT2D eigenvalue weighted by Crippen LogP contribution is -2.10. The van der Waals surface area contributed by atoms with Crippen molar-refractivity contribution >= 4 is 72.0 Å². The Morgan fingerprint density at radius 3 is 1.78 bits per heavy atom. The van der Waals surface area contributed by atoms with E-state index in [9.17, 15) is 0 Å². The minimum atomic E-state index is 0.619. The van der Waals surface area contributed by atoms with Crippen LogP contribution in [0.15, 0.2) is 173 Å². The fraction of sp³-hybridized carbons (Fsp3) is 0. The van der Waals surface area contributed by atoms with Crippen molar-refractivity contribution in [1.82, 2.24) is 9.97 Å². The van der Waals surface area contributed by atoms with E-state index in [-0.39, 0.29) is 0 Å². The second-order valence-electron chi connectivity index (χ2n) is 12.2. The predicted octanol–water partition coefficient (Wildman–Crippen LogP) is 12.2. The number of nitrogens with zero attached hydrogens (tertiary/aromatic N) is 3. The van der Waals surface area contributed by atoms with Gasteiger partial charge in [0.15, 0.2) is 0 Å². The summed E-state index contributed by atoms with van der Waals surface area (Å²) in [6.07, 6.45) is 3.53. The third-order valence-corrected chi connectivity index (χ3v) is 9.43. The van der Waals surface area contributed by atoms with Gasteiger partial charge in [0.05, 0.1) is 16.5 Å². The zero-order chi connectivity index (χ0) is 32.3. The molecule has 4 heterocycles. The van der Waals surface area contributed by atoms with E-state index < -0.39 is 0 Å². The quantitative estimate of drug-likeness (QED) is 0.190. The first-order valence-electron chi connectivity index (χ1n) is 16.3. The molecular formula is C44H27N3O2. The van der Waals surface area contributed by atoms with E-state index in [0.29, 0.717) is 11.4 Å². The van der Waals surface area contributed by atoms with E-state index in [2.05, 4.69) is 136 Å². The minimum Gasteiger partial charge on any atom is -0.438 e. The Labute approximate surface area is 281 Å². The number of aromatic nitrogens is 2. The van der Waals surface area contributed by atoms with Gasteiger partial charge in [0.1, 0.15) is 11.2 Å². The number of rotatable bonds is 5. The molecule has 0 unspecified atom stereocenters. The van der Waals surface area contributed by atoms with E-state index in [4.69, 9.17) is 8.83 Å². The Hall–Kier alpha value is -6.72. The van der Waals surface area contributed by atoms with Crippen LogP contribution in [-0.2, 0) is 0 Å². The molecule has 0 aliphatic rings. The summed E-state index contributed by atoms with van der Waals surface area (Å²) in [6, 6.07) is 53.1. The van der Waals surface area contributed by atoms with Crippen molar-refractivity contribution < 1.29 is 8.83 Å². The molecule has 6 aromatic carbocycles. The van der Waals surface area contributed by atoms with Crippen LogP contribution in [-0.4, -0.2) is 9.97 Å². The second-order valence-corrected chi connectivity index (χ2v) is 12.2. The molecular weight excluding hydrogens is 603 g/mol. The third-order valence-electron chi connectivity index (χ3n) is 9.43. The Morgan fingerprint density at radius 1 is 0.408 bits per heavy atom. The Balaban J connectivity index is 1.16. The standard InChI is InChI=1S/C44H27N3O2/c1-2-9-28(10-3-1)32-22-23-33(35-12-5-4-11-34(32)35)29-17-19-30(20-18-29)47(31-21-24-40-38(27-31)36-13-7-25-45-43(36)48-40)39-15-6-16-41-42(39)37-14-8-26-46-44(37)49-41/h1-27H. The van der Waals surface area contributed by atoms with Crippen LogP contribution >= 0.6 is 0 Å². The summed E-state index contributed by atoms with van der Waals surface area (Å²) in [5.74, 6) is 0. The molecule has 0 spiro atoms. The van der Waals surface area contributed by atoms with Gasteiger partial charge in [-0.1, -0.05) is 84.9 Å². The molecule has 230 valence electrons. The molecule has 0 amide bonds. The average molecular weight is 630 g/mol. The van der Waals surface area contributed by atoms with Crippen molar-refractivity contribution in [3.63, 3.8) is 0 Å². The highest BCUT2D eigenvalue weighted by atomic mass is 16.3. The molecule has 10 aromatic rings.